The number of ether oxygens (including phenoxy) is 2. The zero-order valence-electron chi connectivity index (χ0n) is 13.7. The average Bonchev–Trinajstić information content (AvgIpc) is 3.17. The highest BCUT2D eigenvalue weighted by atomic mass is 16.6. The summed E-state index contributed by atoms with van der Waals surface area (Å²) in [5.41, 5.74) is 1.20. The molecule has 1 amide bonds. The van der Waals surface area contributed by atoms with Gasteiger partial charge < -0.3 is 14.4 Å². The molecule has 3 aliphatic rings. The van der Waals surface area contributed by atoms with Crippen molar-refractivity contribution >= 4 is 5.91 Å². The van der Waals surface area contributed by atoms with Crippen molar-refractivity contribution in [1.82, 2.24) is 9.88 Å². The molecule has 2 atom stereocenters. The molecular formula is C18H24N2O3. The quantitative estimate of drug-likeness (QED) is 0.854. The van der Waals surface area contributed by atoms with Gasteiger partial charge in [-0.15, -0.1) is 0 Å². The Balaban J connectivity index is 1.36. The number of hydrogen-bond donors (Lipinski definition) is 0. The molecule has 1 spiro atoms. The Morgan fingerprint density at radius 2 is 2.35 bits per heavy atom. The van der Waals surface area contributed by atoms with Crippen molar-refractivity contribution in [1.29, 1.82) is 0 Å². The van der Waals surface area contributed by atoms with Gasteiger partial charge in [0.15, 0.2) is 0 Å². The van der Waals surface area contributed by atoms with E-state index in [1.54, 1.807) is 6.07 Å². The molecule has 1 aromatic heterocycles. The molecule has 23 heavy (non-hydrogen) atoms. The summed E-state index contributed by atoms with van der Waals surface area (Å²) in [4.78, 5) is 18.8. The van der Waals surface area contributed by atoms with Crippen LogP contribution >= 0.6 is 0 Å². The number of aromatic nitrogens is 1. The lowest BCUT2D eigenvalue weighted by molar-refractivity contribution is 0.00153. The number of nitrogens with zero attached hydrogens (tertiary/aromatic N) is 2. The summed E-state index contributed by atoms with van der Waals surface area (Å²) in [5.74, 6) is 0.789. The first kappa shape index (κ1) is 15.1. The molecule has 0 unspecified atom stereocenters. The maximum atomic E-state index is 12.6. The van der Waals surface area contributed by atoms with Crippen molar-refractivity contribution in [3.63, 3.8) is 0 Å². The van der Waals surface area contributed by atoms with Gasteiger partial charge in [0, 0.05) is 25.3 Å². The van der Waals surface area contributed by atoms with Crippen molar-refractivity contribution in [2.45, 2.75) is 44.3 Å². The van der Waals surface area contributed by atoms with Crippen LogP contribution in [-0.4, -0.2) is 53.8 Å². The lowest BCUT2D eigenvalue weighted by Crippen LogP contribution is -2.36. The topological polar surface area (TPSA) is 51.7 Å². The molecule has 124 valence electrons. The Bertz CT molecular complexity index is 602. The molecule has 3 heterocycles. The van der Waals surface area contributed by atoms with E-state index in [2.05, 4.69) is 4.98 Å². The number of amides is 1. The van der Waals surface area contributed by atoms with Crippen LogP contribution in [0.25, 0.3) is 0 Å². The summed E-state index contributed by atoms with van der Waals surface area (Å²) >= 11 is 0. The van der Waals surface area contributed by atoms with Crippen molar-refractivity contribution in [3.05, 3.63) is 29.6 Å². The monoisotopic (exact) mass is 316 g/mol. The summed E-state index contributed by atoms with van der Waals surface area (Å²) in [5, 5.41) is 0. The second-order valence-electron chi connectivity index (χ2n) is 7.24. The zero-order valence-corrected chi connectivity index (χ0v) is 13.7. The summed E-state index contributed by atoms with van der Waals surface area (Å²) < 4.78 is 12.0. The minimum atomic E-state index is -0.201. The van der Waals surface area contributed by atoms with Gasteiger partial charge in [-0.3, -0.25) is 4.79 Å². The Hall–Kier alpha value is -1.46. The van der Waals surface area contributed by atoms with Gasteiger partial charge in [0.05, 0.1) is 24.9 Å². The fourth-order valence-corrected chi connectivity index (χ4v) is 3.59. The van der Waals surface area contributed by atoms with E-state index in [9.17, 15) is 4.79 Å². The highest BCUT2D eigenvalue weighted by Gasteiger charge is 2.47. The second kappa shape index (κ2) is 5.87. The Kier molecular flexibility index (Phi) is 3.85. The van der Waals surface area contributed by atoms with Crippen LogP contribution in [-0.2, 0) is 9.47 Å². The summed E-state index contributed by atoms with van der Waals surface area (Å²) in [6.45, 7) is 4.84. The van der Waals surface area contributed by atoms with E-state index < -0.39 is 0 Å². The van der Waals surface area contributed by atoms with Gasteiger partial charge in [0.2, 0.25) is 0 Å². The van der Waals surface area contributed by atoms with Gasteiger partial charge in [-0.05, 0) is 44.2 Å². The van der Waals surface area contributed by atoms with Crippen LogP contribution in [0.2, 0.25) is 0 Å². The molecule has 2 aliphatic heterocycles. The molecule has 0 aromatic carbocycles. The van der Waals surface area contributed by atoms with Crippen LogP contribution in [0.4, 0.5) is 0 Å². The highest BCUT2D eigenvalue weighted by molar-refractivity contribution is 5.92. The number of rotatable bonds is 4. The molecule has 0 radical (unpaired) electrons. The normalized spacial score (nSPS) is 30.3. The second-order valence-corrected chi connectivity index (χ2v) is 7.24. The molecule has 1 aromatic rings. The van der Waals surface area contributed by atoms with Crippen molar-refractivity contribution in [2.75, 3.05) is 26.3 Å². The molecule has 4 rings (SSSR count). The van der Waals surface area contributed by atoms with Crippen LogP contribution in [0.15, 0.2) is 18.2 Å². The van der Waals surface area contributed by atoms with Crippen molar-refractivity contribution < 1.29 is 14.3 Å². The number of carbonyl (C=O) groups is 1. The van der Waals surface area contributed by atoms with Gasteiger partial charge in [-0.1, -0.05) is 6.07 Å². The van der Waals surface area contributed by atoms with Gasteiger partial charge in [-0.25, -0.2) is 4.98 Å². The predicted octanol–water partition coefficient (Wildman–Crippen LogP) is 2.19. The third kappa shape index (κ3) is 3.26. The molecule has 3 fully saturated rings. The standard InChI is InChI=1S/C18H24N2O3/c1-13-3-2-4-16(19-13)17(21)20-8-7-18(12-20)9-15(11-23-18)22-10-14-5-6-14/h2-4,14-15H,5-12H2,1H3/t15-,18+/m1/s1. The van der Waals surface area contributed by atoms with Gasteiger partial charge in [0.1, 0.15) is 5.69 Å². The van der Waals surface area contributed by atoms with E-state index >= 15 is 0 Å². The number of hydrogen-bond acceptors (Lipinski definition) is 4. The summed E-state index contributed by atoms with van der Waals surface area (Å²) in [7, 11) is 0. The lowest BCUT2D eigenvalue weighted by atomic mass is 9.98. The molecular weight excluding hydrogens is 292 g/mol. The molecule has 5 nitrogen and oxygen atoms in total. The third-order valence-corrected chi connectivity index (χ3v) is 5.15. The van der Waals surface area contributed by atoms with E-state index in [1.807, 2.05) is 24.0 Å². The van der Waals surface area contributed by atoms with Crippen LogP contribution < -0.4 is 0 Å². The minimum absolute atomic E-state index is 0.0107. The Labute approximate surface area is 137 Å². The summed E-state index contributed by atoms with van der Waals surface area (Å²) in [6, 6.07) is 5.58. The van der Waals surface area contributed by atoms with Crippen LogP contribution in [0, 0.1) is 12.8 Å². The third-order valence-electron chi connectivity index (χ3n) is 5.15. The van der Waals surface area contributed by atoms with E-state index in [0.717, 1.165) is 37.6 Å². The fourth-order valence-electron chi connectivity index (χ4n) is 3.59. The highest BCUT2D eigenvalue weighted by Crippen LogP contribution is 2.38. The largest absolute Gasteiger partial charge is 0.375 e. The summed E-state index contributed by atoms with van der Waals surface area (Å²) in [6.07, 6.45) is 4.62. The van der Waals surface area contributed by atoms with Crippen LogP contribution in [0.3, 0.4) is 0 Å². The van der Waals surface area contributed by atoms with Crippen LogP contribution in [0.1, 0.15) is 41.9 Å². The number of likely N-dealkylation sites (tertiary alicyclic amines) is 1. The fraction of sp³-hybridized carbons (Fsp3) is 0.667. The van der Waals surface area contributed by atoms with Crippen molar-refractivity contribution in [2.24, 2.45) is 5.92 Å². The molecule has 0 bridgehead atoms. The smallest absolute Gasteiger partial charge is 0.272 e. The maximum Gasteiger partial charge on any atom is 0.272 e. The lowest BCUT2D eigenvalue weighted by Gasteiger charge is -2.23. The molecule has 2 saturated heterocycles. The molecule has 1 aliphatic carbocycles. The maximum absolute atomic E-state index is 12.6. The van der Waals surface area contributed by atoms with Crippen LogP contribution in [0.5, 0.6) is 0 Å². The Morgan fingerprint density at radius 3 is 3.13 bits per heavy atom. The van der Waals surface area contributed by atoms with Crippen molar-refractivity contribution in [3.8, 4) is 0 Å². The first-order valence-electron chi connectivity index (χ1n) is 8.62. The zero-order chi connectivity index (χ0) is 15.9. The first-order valence-corrected chi connectivity index (χ1v) is 8.62. The molecule has 1 saturated carbocycles. The SMILES string of the molecule is Cc1cccc(C(=O)N2CC[C@]3(C[C@@H](OCC4CC4)CO3)C2)n1. The number of carbonyl (C=O) groups excluding carboxylic acids is 1. The van der Waals surface area contributed by atoms with E-state index in [4.69, 9.17) is 9.47 Å². The number of pyridine rings is 1. The van der Waals surface area contributed by atoms with Gasteiger partial charge in [0.25, 0.3) is 5.91 Å². The average molecular weight is 316 g/mol. The van der Waals surface area contributed by atoms with E-state index in [-0.39, 0.29) is 17.6 Å². The van der Waals surface area contributed by atoms with E-state index in [1.165, 1.54) is 12.8 Å². The van der Waals surface area contributed by atoms with Gasteiger partial charge in [-0.2, -0.15) is 0 Å². The molecule has 5 heteroatoms. The minimum Gasteiger partial charge on any atom is -0.375 e. The predicted molar refractivity (Wildman–Crippen MR) is 85.3 cm³/mol. The molecule has 0 N–H and O–H groups in total. The van der Waals surface area contributed by atoms with E-state index in [0.29, 0.717) is 18.8 Å². The Morgan fingerprint density at radius 1 is 1.48 bits per heavy atom. The van der Waals surface area contributed by atoms with Gasteiger partial charge >= 0.3 is 0 Å². The number of aryl methyl sites for hydroxylation is 1. The first-order chi connectivity index (χ1) is 11.1.